The van der Waals surface area contributed by atoms with Crippen molar-refractivity contribution in [2.75, 3.05) is 12.0 Å². The molecule has 2 aromatic heterocycles. The summed E-state index contributed by atoms with van der Waals surface area (Å²) in [6, 6.07) is 3.04. The fraction of sp³-hybridized carbons (Fsp3) is 0.250. The number of nitrogen functional groups attached to an aromatic ring is 1. The summed E-state index contributed by atoms with van der Waals surface area (Å²) in [6.07, 6.45) is 3.90. The monoisotopic (exact) mass is 309 g/mol. The highest BCUT2D eigenvalue weighted by Gasteiger charge is 2.14. The Morgan fingerprint density at radius 3 is 2.76 bits per heavy atom. The van der Waals surface area contributed by atoms with Crippen LogP contribution >= 0.6 is 0 Å². The van der Waals surface area contributed by atoms with Crippen molar-refractivity contribution in [3.8, 4) is 0 Å². The van der Waals surface area contributed by atoms with E-state index in [-0.39, 0.29) is 12.5 Å². The number of hydrogen-bond donors (Lipinski definition) is 2. The number of rotatable bonds is 4. The molecule has 0 aliphatic heterocycles. The molecule has 9 heteroatoms. The molecule has 2 rings (SSSR count). The summed E-state index contributed by atoms with van der Waals surface area (Å²) >= 11 is 0. The van der Waals surface area contributed by atoms with Crippen molar-refractivity contribution >= 4 is 21.6 Å². The average molecular weight is 309 g/mol. The predicted octanol–water partition coefficient (Wildman–Crippen LogP) is -0.0936. The number of pyridine rings is 1. The minimum absolute atomic E-state index is 0.0141. The quantitative estimate of drug-likeness (QED) is 0.814. The minimum atomic E-state index is -3.32. The van der Waals surface area contributed by atoms with E-state index in [1.807, 2.05) is 0 Å². The van der Waals surface area contributed by atoms with Gasteiger partial charge in [-0.25, -0.2) is 13.1 Å². The van der Waals surface area contributed by atoms with Crippen molar-refractivity contribution in [3.05, 3.63) is 41.5 Å². The van der Waals surface area contributed by atoms with E-state index in [1.165, 1.54) is 29.2 Å². The van der Waals surface area contributed by atoms with Gasteiger partial charge in [0.1, 0.15) is 0 Å². The highest BCUT2D eigenvalue weighted by atomic mass is 32.2. The topological polar surface area (TPSA) is 120 Å². The van der Waals surface area contributed by atoms with Crippen LogP contribution in [-0.2, 0) is 16.6 Å². The predicted molar refractivity (Wildman–Crippen MR) is 77.0 cm³/mol. The van der Waals surface area contributed by atoms with Gasteiger partial charge < -0.3 is 5.73 Å². The van der Waals surface area contributed by atoms with E-state index in [9.17, 15) is 13.2 Å². The molecule has 0 aromatic carbocycles. The molecule has 8 nitrogen and oxygen atoms in total. The van der Waals surface area contributed by atoms with Gasteiger partial charge >= 0.3 is 0 Å². The zero-order valence-electron chi connectivity index (χ0n) is 11.6. The third-order valence-electron chi connectivity index (χ3n) is 2.82. The van der Waals surface area contributed by atoms with Crippen LogP contribution in [0.25, 0.3) is 0 Å². The summed E-state index contributed by atoms with van der Waals surface area (Å²) in [5.74, 6) is -0.354. The number of hydrogen-bond acceptors (Lipinski definition) is 6. The maximum atomic E-state index is 12.3. The van der Waals surface area contributed by atoms with Gasteiger partial charge in [-0.1, -0.05) is 0 Å². The molecule has 0 fully saturated rings. The van der Waals surface area contributed by atoms with Gasteiger partial charge in [-0.2, -0.15) is 9.78 Å². The molecular formula is C12H15N5O3S. The third kappa shape index (κ3) is 3.64. The van der Waals surface area contributed by atoms with Crippen LogP contribution in [0.5, 0.6) is 0 Å². The lowest BCUT2D eigenvalue weighted by Crippen LogP contribution is -2.22. The van der Waals surface area contributed by atoms with Crippen LogP contribution in [0.2, 0.25) is 0 Å². The number of anilines is 1. The molecule has 2 aromatic rings. The molecule has 0 aliphatic rings. The molecule has 0 atom stereocenters. The van der Waals surface area contributed by atoms with Crippen molar-refractivity contribution < 1.29 is 13.2 Å². The van der Waals surface area contributed by atoms with Crippen LogP contribution in [0.1, 0.15) is 21.7 Å². The zero-order chi connectivity index (χ0) is 15.6. The number of nitrogens with one attached hydrogen (secondary N) is 1. The SMILES string of the molecule is Cc1c(N)cnn1C(=O)c1ccnc(CNS(C)(=O)=O)c1. The summed E-state index contributed by atoms with van der Waals surface area (Å²) in [5, 5.41) is 3.92. The Balaban J connectivity index is 2.25. The van der Waals surface area contributed by atoms with Crippen LogP contribution in [0.15, 0.2) is 24.5 Å². The second-order valence-corrected chi connectivity index (χ2v) is 6.36. The molecule has 3 N–H and O–H groups in total. The van der Waals surface area contributed by atoms with Crippen molar-refractivity contribution in [1.29, 1.82) is 0 Å². The fourth-order valence-electron chi connectivity index (χ4n) is 1.66. The Morgan fingerprint density at radius 1 is 1.48 bits per heavy atom. The molecule has 0 saturated carbocycles. The first-order valence-corrected chi connectivity index (χ1v) is 7.91. The van der Waals surface area contributed by atoms with Crippen LogP contribution in [0, 0.1) is 6.92 Å². The second kappa shape index (κ2) is 5.62. The zero-order valence-corrected chi connectivity index (χ0v) is 12.4. The summed E-state index contributed by atoms with van der Waals surface area (Å²) in [5.41, 5.74) is 7.42. The average Bonchev–Trinajstić information content (AvgIpc) is 2.76. The number of aromatic nitrogens is 3. The Bertz CT molecular complexity index is 782. The van der Waals surface area contributed by atoms with E-state index < -0.39 is 10.0 Å². The van der Waals surface area contributed by atoms with Crippen molar-refractivity contribution in [2.45, 2.75) is 13.5 Å². The van der Waals surface area contributed by atoms with Gasteiger partial charge in [-0.05, 0) is 19.1 Å². The Morgan fingerprint density at radius 2 is 2.19 bits per heavy atom. The fourth-order valence-corrected chi connectivity index (χ4v) is 2.07. The van der Waals surface area contributed by atoms with Crippen molar-refractivity contribution in [2.24, 2.45) is 0 Å². The second-order valence-electron chi connectivity index (χ2n) is 4.53. The summed E-state index contributed by atoms with van der Waals surface area (Å²) in [7, 11) is -3.32. The molecular weight excluding hydrogens is 294 g/mol. The first-order valence-electron chi connectivity index (χ1n) is 6.02. The number of nitrogens with two attached hydrogens (primary N) is 1. The molecule has 21 heavy (non-hydrogen) atoms. The number of carbonyl (C=O) groups is 1. The van der Waals surface area contributed by atoms with Crippen LogP contribution in [0.4, 0.5) is 5.69 Å². The smallest absolute Gasteiger partial charge is 0.278 e. The van der Waals surface area contributed by atoms with Gasteiger partial charge in [0, 0.05) is 11.8 Å². The van der Waals surface area contributed by atoms with E-state index in [1.54, 1.807) is 6.92 Å². The van der Waals surface area contributed by atoms with Gasteiger partial charge in [0.05, 0.1) is 36.1 Å². The van der Waals surface area contributed by atoms with E-state index in [4.69, 9.17) is 5.73 Å². The first kappa shape index (κ1) is 15.1. The third-order valence-corrected chi connectivity index (χ3v) is 3.49. The van der Waals surface area contributed by atoms with Crippen LogP contribution < -0.4 is 10.5 Å². The molecule has 0 bridgehead atoms. The molecule has 0 radical (unpaired) electrons. The van der Waals surface area contributed by atoms with E-state index in [2.05, 4.69) is 14.8 Å². The molecule has 0 spiro atoms. The van der Waals surface area contributed by atoms with Crippen LogP contribution in [-0.4, -0.2) is 35.3 Å². The van der Waals surface area contributed by atoms with Gasteiger partial charge in [0.2, 0.25) is 10.0 Å². The molecule has 0 amide bonds. The number of nitrogens with zero attached hydrogens (tertiary/aromatic N) is 3. The maximum Gasteiger partial charge on any atom is 0.278 e. The molecule has 0 aliphatic carbocycles. The van der Waals surface area contributed by atoms with Gasteiger partial charge in [0.25, 0.3) is 5.91 Å². The number of carbonyl (C=O) groups excluding carboxylic acids is 1. The Kier molecular flexibility index (Phi) is 4.05. The highest BCUT2D eigenvalue weighted by Crippen LogP contribution is 2.12. The van der Waals surface area contributed by atoms with Gasteiger partial charge in [-0.3, -0.25) is 9.78 Å². The van der Waals surface area contributed by atoms with Gasteiger partial charge in [0.15, 0.2) is 0 Å². The van der Waals surface area contributed by atoms with Crippen molar-refractivity contribution in [3.63, 3.8) is 0 Å². The standard InChI is InChI=1S/C12H15N5O3S/c1-8-11(13)7-15-17(8)12(18)9-3-4-14-10(5-9)6-16-21(2,19)20/h3-5,7,16H,6,13H2,1-2H3. The first-order chi connectivity index (χ1) is 9.78. The summed E-state index contributed by atoms with van der Waals surface area (Å²) in [4.78, 5) is 16.3. The Hall–Kier alpha value is -2.26. The lowest BCUT2D eigenvalue weighted by Gasteiger charge is -2.06. The lowest BCUT2D eigenvalue weighted by molar-refractivity contribution is 0.0942. The van der Waals surface area contributed by atoms with Crippen molar-refractivity contribution in [1.82, 2.24) is 19.5 Å². The van der Waals surface area contributed by atoms with E-state index in [0.717, 1.165) is 6.26 Å². The largest absolute Gasteiger partial charge is 0.396 e. The minimum Gasteiger partial charge on any atom is -0.396 e. The molecule has 0 unspecified atom stereocenters. The summed E-state index contributed by atoms with van der Waals surface area (Å²) < 4.78 is 25.6. The highest BCUT2D eigenvalue weighted by molar-refractivity contribution is 7.88. The molecule has 0 saturated heterocycles. The molecule has 112 valence electrons. The lowest BCUT2D eigenvalue weighted by atomic mass is 10.2. The summed E-state index contributed by atoms with van der Waals surface area (Å²) in [6.45, 7) is 1.70. The van der Waals surface area contributed by atoms with Gasteiger partial charge in [-0.15, -0.1) is 0 Å². The Labute approximate surface area is 122 Å². The van der Waals surface area contributed by atoms with Crippen LogP contribution in [0.3, 0.4) is 0 Å². The molecule has 2 heterocycles. The normalized spacial score (nSPS) is 11.5. The number of sulfonamides is 1. The van der Waals surface area contributed by atoms with E-state index in [0.29, 0.717) is 22.6 Å². The van der Waals surface area contributed by atoms with E-state index >= 15 is 0 Å². The maximum absolute atomic E-state index is 12.3.